The fraction of sp³-hybridized carbons (Fsp3) is 0.100. The molecule has 1 rings (SSSR count). The molecule has 0 saturated heterocycles. The molecule has 5 nitrogen and oxygen atoms in total. The zero-order valence-corrected chi connectivity index (χ0v) is 9.05. The number of hydrogen-bond acceptors (Lipinski definition) is 4. The molecule has 0 amide bonds. The van der Waals surface area contributed by atoms with Crippen molar-refractivity contribution >= 4 is 16.1 Å². The second-order valence-corrected chi connectivity index (χ2v) is 4.41. The van der Waals surface area contributed by atoms with Crippen LogP contribution in [-0.4, -0.2) is 18.9 Å². The van der Waals surface area contributed by atoms with E-state index in [2.05, 4.69) is 11.3 Å². The summed E-state index contributed by atoms with van der Waals surface area (Å²) in [6.07, 6.45) is 0.809. The SMILES string of the molecule is C=COC(=O)C(c1ccccc1)S(=O)(=O)O. The molecule has 0 aromatic heterocycles. The van der Waals surface area contributed by atoms with E-state index in [0.29, 0.717) is 0 Å². The topological polar surface area (TPSA) is 80.7 Å². The zero-order chi connectivity index (χ0) is 12.2. The molecule has 0 fully saturated rings. The van der Waals surface area contributed by atoms with Crippen molar-refractivity contribution in [1.29, 1.82) is 0 Å². The molecule has 1 atom stereocenters. The Morgan fingerprint density at radius 1 is 1.38 bits per heavy atom. The highest BCUT2D eigenvalue weighted by molar-refractivity contribution is 7.86. The summed E-state index contributed by atoms with van der Waals surface area (Å²) in [6, 6.07) is 7.57. The van der Waals surface area contributed by atoms with Gasteiger partial charge in [0.2, 0.25) is 5.25 Å². The number of carbonyl (C=O) groups is 1. The second-order valence-electron chi connectivity index (χ2n) is 2.91. The molecular weight excluding hydrogens is 232 g/mol. The van der Waals surface area contributed by atoms with E-state index in [1.54, 1.807) is 18.2 Å². The predicted octanol–water partition coefficient (Wildman–Crippen LogP) is 1.30. The van der Waals surface area contributed by atoms with Crippen LogP contribution in [0, 0.1) is 0 Å². The third-order valence-electron chi connectivity index (χ3n) is 1.81. The van der Waals surface area contributed by atoms with Crippen molar-refractivity contribution in [2.24, 2.45) is 0 Å². The maximum absolute atomic E-state index is 11.4. The Kier molecular flexibility index (Phi) is 3.81. The Morgan fingerprint density at radius 2 is 1.94 bits per heavy atom. The van der Waals surface area contributed by atoms with Crippen LogP contribution in [0.15, 0.2) is 43.2 Å². The molecule has 0 saturated carbocycles. The van der Waals surface area contributed by atoms with E-state index in [4.69, 9.17) is 4.55 Å². The quantitative estimate of drug-likeness (QED) is 0.489. The third kappa shape index (κ3) is 2.91. The van der Waals surface area contributed by atoms with Crippen LogP contribution in [-0.2, 0) is 19.6 Å². The molecule has 0 aliphatic carbocycles. The lowest BCUT2D eigenvalue weighted by molar-refractivity contribution is -0.137. The van der Waals surface area contributed by atoms with Crippen LogP contribution < -0.4 is 0 Å². The van der Waals surface area contributed by atoms with Gasteiger partial charge in [0.05, 0.1) is 6.26 Å². The summed E-state index contributed by atoms with van der Waals surface area (Å²) >= 11 is 0. The summed E-state index contributed by atoms with van der Waals surface area (Å²) in [7, 11) is -4.56. The van der Waals surface area contributed by atoms with Gasteiger partial charge in [0.15, 0.2) is 0 Å². The molecule has 0 heterocycles. The molecule has 0 radical (unpaired) electrons. The average Bonchev–Trinajstić information content (AvgIpc) is 2.17. The summed E-state index contributed by atoms with van der Waals surface area (Å²) in [6.45, 7) is 3.14. The van der Waals surface area contributed by atoms with E-state index in [-0.39, 0.29) is 5.56 Å². The van der Waals surface area contributed by atoms with Gasteiger partial charge in [-0.3, -0.25) is 4.55 Å². The van der Waals surface area contributed by atoms with E-state index >= 15 is 0 Å². The van der Waals surface area contributed by atoms with Crippen molar-refractivity contribution in [3.05, 3.63) is 48.7 Å². The van der Waals surface area contributed by atoms with Crippen molar-refractivity contribution in [3.8, 4) is 0 Å². The molecule has 1 unspecified atom stereocenters. The van der Waals surface area contributed by atoms with Crippen LogP contribution in [0.1, 0.15) is 10.8 Å². The maximum Gasteiger partial charge on any atom is 0.336 e. The summed E-state index contributed by atoms with van der Waals surface area (Å²) in [5.74, 6) is -1.09. The van der Waals surface area contributed by atoms with Crippen molar-refractivity contribution in [2.45, 2.75) is 5.25 Å². The van der Waals surface area contributed by atoms with Gasteiger partial charge in [-0.05, 0) is 5.56 Å². The number of ether oxygens (including phenoxy) is 1. The lowest BCUT2D eigenvalue weighted by atomic mass is 10.1. The molecule has 86 valence electrons. The highest BCUT2D eigenvalue weighted by Gasteiger charge is 2.33. The lowest BCUT2D eigenvalue weighted by Crippen LogP contribution is -2.22. The standard InChI is InChI=1S/C10H10O5S/c1-2-15-10(11)9(16(12,13)14)8-6-4-3-5-7-8/h2-7,9H,1H2,(H,12,13,14). The smallest absolute Gasteiger partial charge is 0.336 e. The Hall–Kier alpha value is -1.66. The van der Waals surface area contributed by atoms with Crippen LogP contribution in [0.3, 0.4) is 0 Å². The van der Waals surface area contributed by atoms with Gasteiger partial charge in [0.1, 0.15) is 0 Å². The van der Waals surface area contributed by atoms with Gasteiger partial charge < -0.3 is 4.74 Å². The molecule has 0 aliphatic heterocycles. The number of benzene rings is 1. The molecule has 16 heavy (non-hydrogen) atoms. The molecule has 0 bridgehead atoms. The third-order valence-corrected chi connectivity index (χ3v) is 2.87. The van der Waals surface area contributed by atoms with Crippen LogP contribution >= 0.6 is 0 Å². The minimum Gasteiger partial charge on any atom is -0.434 e. The monoisotopic (exact) mass is 242 g/mol. The summed E-state index contributed by atoms with van der Waals surface area (Å²) in [4.78, 5) is 11.4. The highest BCUT2D eigenvalue weighted by Crippen LogP contribution is 2.22. The van der Waals surface area contributed by atoms with Crippen LogP contribution in [0.25, 0.3) is 0 Å². The average molecular weight is 242 g/mol. The van der Waals surface area contributed by atoms with Gasteiger partial charge in [-0.2, -0.15) is 8.42 Å². The van der Waals surface area contributed by atoms with Gasteiger partial charge in [0, 0.05) is 0 Å². The highest BCUT2D eigenvalue weighted by atomic mass is 32.2. The minimum absolute atomic E-state index is 0.136. The second kappa shape index (κ2) is 4.91. The van der Waals surface area contributed by atoms with Crippen molar-refractivity contribution in [3.63, 3.8) is 0 Å². The molecule has 6 heteroatoms. The van der Waals surface area contributed by atoms with Crippen LogP contribution in [0.5, 0.6) is 0 Å². The first kappa shape index (κ1) is 12.4. The normalized spacial score (nSPS) is 12.8. The minimum atomic E-state index is -4.56. The predicted molar refractivity (Wildman–Crippen MR) is 57.0 cm³/mol. The van der Waals surface area contributed by atoms with Crippen molar-refractivity contribution in [1.82, 2.24) is 0 Å². The number of esters is 1. The van der Waals surface area contributed by atoms with E-state index in [9.17, 15) is 13.2 Å². The van der Waals surface area contributed by atoms with Gasteiger partial charge in [0.25, 0.3) is 10.1 Å². The molecule has 0 spiro atoms. The Bertz CT molecular complexity index is 477. The lowest BCUT2D eigenvalue weighted by Gasteiger charge is -2.11. The molecule has 1 aromatic rings. The first-order valence-corrected chi connectivity index (χ1v) is 5.80. The largest absolute Gasteiger partial charge is 0.434 e. The van der Waals surface area contributed by atoms with Gasteiger partial charge in [-0.1, -0.05) is 36.9 Å². The summed E-state index contributed by atoms with van der Waals surface area (Å²) in [5.41, 5.74) is 0.136. The van der Waals surface area contributed by atoms with Crippen LogP contribution in [0.2, 0.25) is 0 Å². The molecular formula is C10H10O5S. The Labute approximate surface area is 93.1 Å². The summed E-state index contributed by atoms with van der Waals surface area (Å²) < 4.78 is 35.5. The summed E-state index contributed by atoms with van der Waals surface area (Å²) in [5, 5.41) is -1.74. The van der Waals surface area contributed by atoms with Crippen molar-refractivity contribution < 1.29 is 22.5 Å². The van der Waals surface area contributed by atoms with Gasteiger partial charge in [-0.15, -0.1) is 0 Å². The first-order valence-electron chi connectivity index (χ1n) is 4.29. The fourth-order valence-electron chi connectivity index (χ4n) is 1.20. The van der Waals surface area contributed by atoms with E-state index in [1.807, 2.05) is 0 Å². The van der Waals surface area contributed by atoms with E-state index < -0.39 is 21.3 Å². The fourth-order valence-corrected chi connectivity index (χ4v) is 2.00. The van der Waals surface area contributed by atoms with E-state index in [0.717, 1.165) is 6.26 Å². The van der Waals surface area contributed by atoms with Crippen LogP contribution in [0.4, 0.5) is 0 Å². The van der Waals surface area contributed by atoms with Gasteiger partial charge >= 0.3 is 5.97 Å². The van der Waals surface area contributed by atoms with E-state index in [1.165, 1.54) is 12.1 Å². The Balaban J connectivity index is 3.17. The zero-order valence-electron chi connectivity index (χ0n) is 8.24. The number of rotatable bonds is 4. The maximum atomic E-state index is 11.4. The Morgan fingerprint density at radius 3 is 2.38 bits per heavy atom. The molecule has 1 aromatic carbocycles. The van der Waals surface area contributed by atoms with Crippen molar-refractivity contribution in [2.75, 3.05) is 0 Å². The number of hydrogen-bond donors (Lipinski definition) is 1. The molecule has 0 aliphatic rings. The first-order chi connectivity index (χ1) is 7.46. The van der Waals surface area contributed by atoms with Gasteiger partial charge in [-0.25, -0.2) is 4.79 Å². The number of carbonyl (C=O) groups excluding carboxylic acids is 1. The molecule has 1 N–H and O–H groups in total.